The van der Waals surface area contributed by atoms with E-state index >= 15 is 0 Å². The fourth-order valence-electron chi connectivity index (χ4n) is 4.46. The van der Waals surface area contributed by atoms with Crippen LogP contribution in [0.25, 0.3) is 0 Å². The van der Waals surface area contributed by atoms with Crippen LogP contribution in [0.2, 0.25) is 0 Å². The first-order valence-corrected chi connectivity index (χ1v) is 10.3. The number of fused-ring (bicyclic) bond motifs is 1. The number of anilines is 1. The van der Waals surface area contributed by atoms with Crippen molar-refractivity contribution in [3.63, 3.8) is 0 Å². The van der Waals surface area contributed by atoms with Gasteiger partial charge < -0.3 is 24.2 Å². The van der Waals surface area contributed by atoms with E-state index in [-0.39, 0.29) is 30.2 Å². The maximum atomic E-state index is 13.2. The number of likely N-dealkylation sites (tertiary alicyclic amines) is 1. The predicted octanol–water partition coefficient (Wildman–Crippen LogP) is 1.75. The van der Waals surface area contributed by atoms with Gasteiger partial charge in [-0.15, -0.1) is 0 Å². The van der Waals surface area contributed by atoms with E-state index in [1.54, 1.807) is 4.90 Å². The predicted molar refractivity (Wildman–Crippen MR) is 106 cm³/mol. The quantitative estimate of drug-likeness (QED) is 0.788. The summed E-state index contributed by atoms with van der Waals surface area (Å²) in [5, 5.41) is 0. The van der Waals surface area contributed by atoms with Crippen molar-refractivity contribution in [1.82, 2.24) is 9.80 Å². The van der Waals surface area contributed by atoms with Gasteiger partial charge in [-0.2, -0.15) is 0 Å². The van der Waals surface area contributed by atoms with E-state index in [0.717, 1.165) is 31.6 Å². The summed E-state index contributed by atoms with van der Waals surface area (Å²) in [5.41, 5.74) is 0.770. The van der Waals surface area contributed by atoms with Crippen molar-refractivity contribution in [2.24, 2.45) is 5.92 Å². The smallest absolute Gasteiger partial charge is 0.228 e. The van der Waals surface area contributed by atoms with Gasteiger partial charge in [0.05, 0.1) is 5.92 Å². The SMILES string of the molecule is CCN(C(=O)[C@@H]1CC(=O)N(c2ccc3c(c2)OCCO3)C1)C1CCN(C)CC1. The average molecular weight is 387 g/mol. The summed E-state index contributed by atoms with van der Waals surface area (Å²) in [6.45, 7) is 6.24. The summed E-state index contributed by atoms with van der Waals surface area (Å²) >= 11 is 0. The van der Waals surface area contributed by atoms with Gasteiger partial charge in [-0.3, -0.25) is 9.59 Å². The summed E-state index contributed by atoms with van der Waals surface area (Å²) in [5.74, 6) is 1.20. The molecule has 0 radical (unpaired) electrons. The molecule has 3 aliphatic rings. The molecule has 1 aromatic carbocycles. The van der Waals surface area contributed by atoms with Gasteiger partial charge in [-0.1, -0.05) is 0 Å². The van der Waals surface area contributed by atoms with Crippen LogP contribution in [0, 0.1) is 5.92 Å². The highest BCUT2D eigenvalue weighted by molar-refractivity contribution is 6.00. The fraction of sp³-hybridized carbons (Fsp3) is 0.619. The third-order valence-electron chi connectivity index (χ3n) is 6.06. The Kier molecular flexibility index (Phi) is 5.44. The van der Waals surface area contributed by atoms with E-state index in [2.05, 4.69) is 11.9 Å². The maximum Gasteiger partial charge on any atom is 0.228 e. The van der Waals surface area contributed by atoms with Crippen LogP contribution < -0.4 is 14.4 Å². The molecule has 0 saturated carbocycles. The first-order valence-electron chi connectivity index (χ1n) is 10.3. The van der Waals surface area contributed by atoms with Crippen molar-refractivity contribution in [1.29, 1.82) is 0 Å². The number of hydrogen-bond donors (Lipinski definition) is 0. The Morgan fingerprint density at radius 1 is 1.18 bits per heavy atom. The standard InChI is InChI=1S/C21H29N3O4/c1-3-23(16-6-8-22(2)9-7-16)21(26)15-12-20(25)24(14-15)17-4-5-18-19(13-17)28-11-10-27-18/h4-5,13,15-16H,3,6-12,14H2,1-2H3/t15-/m1/s1. The molecule has 2 amide bonds. The van der Waals surface area contributed by atoms with E-state index in [1.165, 1.54) is 0 Å². The molecule has 0 aromatic heterocycles. The van der Waals surface area contributed by atoms with E-state index in [9.17, 15) is 9.59 Å². The summed E-state index contributed by atoms with van der Waals surface area (Å²) in [6.07, 6.45) is 2.28. The van der Waals surface area contributed by atoms with Gasteiger partial charge in [0, 0.05) is 37.3 Å². The molecule has 0 spiro atoms. The van der Waals surface area contributed by atoms with Crippen LogP contribution in [0.15, 0.2) is 18.2 Å². The number of hydrogen-bond acceptors (Lipinski definition) is 5. The number of rotatable bonds is 4. The molecule has 2 saturated heterocycles. The van der Waals surface area contributed by atoms with Crippen molar-refractivity contribution in [2.75, 3.05) is 51.3 Å². The number of carbonyl (C=O) groups excluding carboxylic acids is 2. The second kappa shape index (κ2) is 7.99. The van der Waals surface area contributed by atoms with E-state index < -0.39 is 0 Å². The second-order valence-electron chi connectivity index (χ2n) is 7.89. The number of carbonyl (C=O) groups is 2. The summed E-state index contributed by atoms with van der Waals surface area (Å²) < 4.78 is 11.2. The molecule has 1 atom stereocenters. The lowest BCUT2D eigenvalue weighted by molar-refractivity contribution is -0.138. The molecular formula is C21H29N3O4. The van der Waals surface area contributed by atoms with E-state index in [1.807, 2.05) is 30.0 Å². The molecule has 7 heteroatoms. The van der Waals surface area contributed by atoms with Gasteiger partial charge in [-0.25, -0.2) is 0 Å². The molecule has 0 N–H and O–H groups in total. The van der Waals surface area contributed by atoms with Crippen molar-refractivity contribution in [3.05, 3.63) is 18.2 Å². The Balaban J connectivity index is 1.45. The van der Waals surface area contributed by atoms with Crippen molar-refractivity contribution >= 4 is 17.5 Å². The average Bonchev–Trinajstić information content (AvgIpc) is 3.11. The molecule has 3 heterocycles. The summed E-state index contributed by atoms with van der Waals surface area (Å²) in [6, 6.07) is 5.83. The van der Waals surface area contributed by atoms with Gasteiger partial charge in [0.2, 0.25) is 11.8 Å². The molecule has 0 bridgehead atoms. The summed E-state index contributed by atoms with van der Waals surface area (Å²) in [7, 11) is 2.12. The van der Waals surface area contributed by atoms with Crippen LogP contribution in [0.3, 0.4) is 0 Å². The van der Waals surface area contributed by atoms with Gasteiger partial charge >= 0.3 is 0 Å². The number of ether oxygens (including phenoxy) is 2. The van der Waals surface area contributed by atoms with Crippen molar-refractivity contribution in [3.8, 4) is 11.5 Å². The van der Waals surface area contributed by atoms with Crippen LogP contribution >= 0.6 is 0 Å². The van der Waals surface area contributed by atoms with Gasteiger partial charge in [0.15, 0.2) is 11.5 Å². The van der Waals surface area contributed by atoms with Gasteiger partial charge in [0.25, 0.3) is 0 Å². The molecule has 28 heavy (non-hydrogen) atoms. The Morgan fingerprint density at radius 3 is 2.61 bits per heavy atom. The zero-order valence-corrected chi connectivity index (χ0v) is 16.7. The molecule has 7 nitrogen and oxygen atoms in total. The van der Waals surface area contributed by atoms with E-state index in [0.29, 0.717) is 37.8 Å². The molecule has 3 aliphatic heterocycles. The third-order valence-corrected chi connectivity index (χ3v) is 6.06. The fourth-order valence-corrected chi connectivity index (χ4v) is 4.46. The Morgan fingerprint density at radius 2 is 1.89 bits per heavy atom. The van der Waals surface area contributed by atoms with Gasteiger partial charge in [-0.05, 0) is 52.0 Å². The minimum atomic E-state index is -0.277. The lowest BCUT2D eigenvalue weighted by Crippen LogP contribution is -2.48. The monoisotopic (exact) mass is 387 g/mol. The normalized spacial score (nSPS) is 23.1. The number of benzene rings is 1. The van der Waals surface area contributed by atoms with Crippen LogP contribution in [0.1, 0.15) is 26.2 Å². The van der Waals surface area contributed by atoms with Crippen molar-refractivity contribution < 1.29 is 19.1 Å². The van der Waals surface area contributed by atoms with Crippen LogP contribution in [0.4, 0.5) is 5.69 Å². The van der Waals surface area contributed by atoms with Crippen LogP contribution in [0.5, 0.6) is 11.5 Å². The zero-order chi connectivity index (χ0) is 19.7. The number of nitrogens with zero attached hydrogens (tertiary/aromatic N) is 3. The molecule has 0 aliphatic carbocycles. The van der Waals surface area contributed by atoms with E-state index in [4.69, 9.17) is 9.47 Å². The molecule has 152 valence electrons. The summed E-state index contributed by atoms with van der Waals surface area (Å²) in [4.78, 5) is 31.9. The highest BCUT2D eigenvalue weighted by atomic mass is 16.6. The second-order valence-corrected chi connectivity index (χ2v) is 7.89. The molecular weight excluding hydrogens is 358 g/mol. The Bertz CT molecular complexity index is 745. The highest BCUT2D eigenvalue weighted by Crippen LogP contribution is 2.36. The lowest BCUT2D eigenvalue weighted by Gasteiger charge is -2.38. The lowest BCUT2D eigenvalue weighted by atomic mass is 10.00. The molecule has 0 unspecified atom stereocenters. The zero-order valence-electron chi connectivity index (χ0n) is 16.7. The first-order chi connectivity index (χ1) is 13.6. The van der Waals surface area contributed by atoms with Crippen LogP contribution in [-0.2, 0) is 9.59 Å². The Labute approximate surface area is 166 Å². The highest BCUT2D eigenvalue weighted by Gasteiger charge is 2.39. The minimum Gasteiger partial charge on any atom is -0.486 e. The Hall–Kier alpha value is -2.28. The first kappa shape index (κ1) is 19.1. The van der Waals surface area contributed by atoms with Gasteiger partial charge in [0.1, 0.15) is 13.2 Å². The molecule has 2 fully saturated rings. The number of piperidine rings is 1. The largest absolute Gasteiger partial charge is 0.486 e. The van der Waals surface area contributed by atoms with Crippen molar-refractivity contribution in [2.45, 2.75) is 32.2 Å². The van der Waals surface area contributed by atoms with Crippen LogP contribution in [-0.4, -0.2) is 74.1 Å². The molecule has 1 aromatic rings. The third kappa shape index (κ3) is 3.68. The minimum absolute atomic E-state index is 0.00513. The molecule has 4 rings (SSSR count). The maximum absolute atomic E-state index is 13.2. The number of amides is 2. The topological polar surface area (TPSA) is 62.3 Å².